The first kappa shape index (κ1) is 56.2. The van der Waals surface area contributed by atoms with Gasteiger partial charge in [0.2, 0.25) is 5.91 Å². The zero-order valence-electron chi connectivity index (χ0n) is 38.5. The van der Waals surface area contributed by atoms with E-state index in [4.69, 9.17) is 0 Å². The highest BCUT2D eigenvalue weighted by molar-refractivity contribution is 5.91. The fourth-order valence-corrected chi connectivity index (χ4v) is 6.62. The molecule has 0 heterocycles. The number of rotatable bonds is 41. The second-order valence-corrected chi connectivity index (χ2v) is 16.5. The van der Waals surface area contributed by atoms with Crippen LogP contribution in [0.3, 0.4) is 0 Å². The molecule has 0 aliphatic carbocycles. The smallest absolute Gasteiger partial charge is 0.217 e. The minimum atomic E-state index is -0.463. The predicted molar refractivity (Wildman–Crippen MR) is 237 cm³/mol. The molecule has 342 valence electrons. The molecule has 0 aromatic carbocycles. The highest BCUT2D eigenvalue weighted by Gasteiger charge is 2.21. The summed E-state index contributed by atoms with van der Waals surface area (Å²) in [5.41, 5.74) is 0. The molecular formula is C45H85N7O7. The molecule has 1 unspecified atom stereocenters. The molecule has 1 amide bonds. The maximum atomic E-state index is 12.9. The molecule has 0 aliphatic heterocycles. The predicted octanol–water partition coefficient (Wildman–Crippen LogP) is 4.26. The second kappa shape index (κ2) is 34.9. The lowest BCUT2D eigenvalue weighted by molar-refractivity contribution is -0.126. The summed E-state index contributed by atoms with van der Waals surface area (Å²) in [7, 11) is 0. The van der Waals surface area contributed by atoms with Crippen molar-refractivity contribution in [2.24, 2.45) is 5.92 Å². The second-order valence-electron chi connectivity index (χ2n) is 16.5. The number of nitrogens with one attached hydrogen (secondary N) is 7. The van der Waals surface area contributed by atoms with E-state index in [9.17, 15) is 33.6 Å². The third kappa shape index (κ3) is 29.2. The number of carbonyl (C=O) groups is 7. The Morgan fingerprint density at radius 3 is 1.07 bits per heavy atom. The van der Waals surface area contributed by atoms with E-state index in [0.717, 1.165) is 6.54 Å². The van der Waals surface area contributed by atoms with E-state index in [1.807, 2.05) is 6.92 Å². The summed E-state index contributed by atoms with van der Waals surface area (Å²) in [5.74, 6) is 0.277. The summed E-state index contributed by atoms with van der Waals surface area (Å²) in [6, 6.07) is -2.52. The van der Waals surface area contributed by atoms with Gasteiger partial charge in [0.25, 0.3) is 0 Å². The zero-order valence-corrected chi connectivity index (χ0v) is 38.5. The van der Waals surface area contributed by atoms with E-state index >= 15 is 0 Å². The molecule has 0 saturated carbocycles. The number of amides is 1. The monoisotopic (exact) mass is 836 g/mol. The van der Waals surface area contributed by atoms with Gasteiger partial charge in [-0.2, -0.15) is 0 Å². The van der Waals surface area contributed by atoms with Crippen LogP contribution in [0.4, 0.5) is 0 Å². The average molecular weight is 836 g/mol. The molecule has 0 aromatic heterocycles. The Balaban J connectivity index is 4.30. The van der Waals surface area contributed by atoms with Crippen LogP contribution in [0, 0.1) is 5.92 Å². The highest BCUT2D eigenvalue weighted by atomic mass is 16.2. The Bertz CT molecular complexity index is 1230. The molecule has 59 heavy (non-hydrogen) atoms. The molecule has 7 atom stereocenters. The molecule has 0 aliphatic rings. The fraction of sp³-hybridized carbons (Fsp3) is 0.844. The van der Waals surface area contributed by atoms with Gasteiger partial charge in [-0.1, -0.05) is 65.2 Å². The van der Waals surface area contributed by atoms with Crippen LogP contribution in [0.2, 0.25) is 0 Å². The molecular weight excluding hydrogens is 751 g/mol. The summed E-state index contributed by atoms with van der Waals surface area (Å²) in [6.45, 7) is 18.9. The van der Waals surface area contributed by atoms with E-state index in [-0.39, 0.29) is 91.8 Å². The van der Waals surface area contributed by atoms with E-state index in [1.54, 1.807) is 34.6 Å². The van der Waals surface area contributed by atoms with Crippen molar-refractivity contribution in [2.45, 2.75) is 201 Å². The number of hydrogen-bond acceptors (Lipinski definition) is 13. The number of hydrogen-bond donors (Lipinski definition) is 7. The topological polar surface area (TPSA) is 204 Å². The van der Waals surface area contributed by atoms with E-state index < -0.39 is 30.2 Å². The van der Waals surface area contributed by atoms with Crippen LogP contribution in [0.25, 0.3) is 0 Å². The van der Waals surface area contributed by atoms with Crippen molar-refractivity contribution in [3.8, 4) is 0 Å². The maximum absolute atomic E-state index is 12.9. The first-order chi connectivity index (χ1) is 28.0. The number of Topliss-reactive ketones (excluding diaryl/α,β-unsaturated/α-hetero) is 6. The van der Waals surface area contributed by atoms with Gasteiger partial charge in [0.1, 0.15) is 11.6 Å². The van der Waals surface area contributed by atoms with Crippen molar-refractivity contribution >= 4 is 40.6 Å². The quantitative estimate of drug-likeness (QED) is 0.0341. The van der Waals surface area contributed by atoms with Gasteiger partial charge in [-0.25, -0.2) is 0 Å². The van der Waals surface area contributed by atoms with Crippen LogP contribution in [0.5, 0.6) is 0 Å². The summed E-state index contributed by atoms with van der Waals surface area (Å²) in [5, 5.41) is 21.4. The van der Waals surface area contributed by atoms with Crippen LogP contribution < -0.4 is 37.2 Å². The molecule has 0 aromatic rings. The van der Waals surface area contributed by atoms with Gasteiger partial charge in [0.15, 0.2) is 23.1 Å². The highest BCUT2D eigenvalue weighted by Crippen LogP contribution is 2.18. The lowest BCUT2D eigenvalue weighted by atomic mass is 9.94. The van der Waals surface area contributed by atoms with Gasteiger partial charge in [-0.3, -0.25) is 38.9 Å². The van der Waals surface area contributed by atoms with Gasteiger partial charge in [-0.05, 0) is 66.8 Å². The molecule has 0 saturated heterocycles. The van der Waals surface area contributed by atoms with Gasteiger partial charge < -0.3 is 31.9 Å². The van der Waals surface area contributed by atoms with Crippen molar-refractivity contribution in [2.75, 3.05) is 39.4 Å². The molecule has 0 bridgehead atoms. The standard InChI is InChI=1S/C45H85N7O7/c1-10-12-14-15-17-19-39(18-16-13-11-2)30-50-36(7)41(55)21-20-40(54)32(3)46-26-22-42(56)33(4)47-27-23-43(57)34(5)48-28-24-44(58)35(6)49-29-25-45(59)37(8)51-31-52-38(9)53/h32-37,39,46-51H,10-31H2,1-9H3,(H,52,53)/t32-,33-,34-,35-,36-,37-,39?/m0/s1. The Hall–Kier alpha value is -2.75. The third-order valence-electron chi connectivity index (χ3n) is 11.2. The van der Waals surface area contributed by atoms with Gasteiger partial charge >= 0.3 is 0 Å². The first-order valence-corrected chi connectivity index (χ1v) is 22.8. The van der Waals surface area contributed by atoms with Crippen LogP contribution >= 0.6 is 0 Å². The third-order valence-corrected chi connectivity index (χ3v) is 11.2. The lowest BCUT2D eigenvalue weighted by Crippen LogP contribution is -2.43. The average Bonchev–Trinajstić information content (AvgIpc) is 3.20. The molecule has 14 nitrogen and oxygen atoms in total. The maximum Gasteiger partial charge on any atom is 0.217 e. The van der Waals surface area contributed by atoms with Crippen LogP contribution in [0.1, 0.15) is 165 Å². The van der Waals surface area contributed by atoms with Crippen molar-refractivity contribution in [1.82, 2.24) is 37.2 Å². The molecule has 0 fully saturated rings. The minimum Gasteiger partial charge on any atom is -0.344 e. The molecule has 0 rings (SSSR count). The Kier molecular flexibility index (Phi) is 33.3. The largest absolute Gasteiger partial charge is 0.344 e. The number of unbranched alkanes of at least 4 members (excludes halogenated alkanes) is 6. The zero-order chi connectivity index (χ0) is 44.6. The summed E-state index contributed by atoms with van der Waals surface area (Å²) >= 11 is 0. The van der Waals surface area contributed by atoms with E-state index in [1.165, 1.54) is 71.1 Å². The normalized spacial score (nSPS) is 15.1. The molecule has 14 heteroatoms. The fourth-order valence-electron chi connectivity index (χ4n) is 6.62. The number of ketones is 6. The van der Waals surface area contributed by atoms with Crippen molar-refractivity contribution in [3.63, 3.8) is 0 Å². The summed E-state index contributed by atoms with van der Waals surface area (Å²) in [6.07, 6.45) is 13.7. The van der Waals surface area contributed by atoms with Gasteiger partial charge in [-0.15, -0.1) is 0 Å². The van der Waals surface area contributed by atoms with Crippen molar-refractivity contribution in [3.05, 3.63) is 0 Å². The summed E-state index contributed by atoms with van der Waals surface area (Å²) in [4.78, 5) is 86.8. The molecule has 0 spiro atoms. The van der Waals surface area contributed by atoms with E-state index in [0.29, 0.717) is 32.1 Å². The minimum absolute atomic E-state index is 0.0287. The SMILES string of the molecule is CCCCCCCC(CCCCC)CN[C@@H](C)C(=O)CCC(=O)[C@H](C)NCCC(=O)[C@H](C)NCCC(=O)[C@H](C)NCCC(=O)[C@H](C)NCCC(=O)[C@H](C)NCNC(C)=O. The van der Waals surface area contributed by atoms with Crippen LogP contribution in [0.15, 0.2) is 0 Å². The molecule has 7 N–H and O–H groups in total. The number of carbonyl (C=O) groups excluding carboxylic acids is 7. The van der Waals surface area contributed by atoms with E-state index in [2.05, 4.69) is 51.1 Å². The Morgan fingerprint density at radius 2 is 0.695 bits per heavy atom. The van der Waals surface area contributed by atoms with Gasteiger partial charge in [0, 0.05) is 71.6 Å². The molecule has 0 radical (unpaired) electrons. The lowest BCUT2D eigenvalue weighted by Gasteiger charge is -2.21. The summed E-state index contributed by atoms with van der Waals surface area (Å²) < 4.78 is 0. The Morgan fingerprint density at radius 1 is 0.390 bits per heavy atom. The first-order valence-electron chi connectivity index (χ1n) is 22.8. The Labute approximate surface area is 357 Å². The van der Waals surface area contributed by atoms with Crippen molar-refractivity contribution < 1.29 is 33.6 Å². The van der Waals surface area contributed by atoms with Crippen LogP contribution in [-0.2, 0) is 33.6 Å². The van der Waals surface area contributed by atoms with Gasteiger partial charge in [0.05, 0.1) is 42.9 Å². The van der Waals surface area contributed by atoms with Crippen molar-refractivity contribution in [1.29, 1.82) is 0 Å². The van der Waals surface area contributed by atoms with Crippen LogP contribution in [-0.4, -0.2) is 116 Å².